The van der Waals surface area contributed by atoms with Crippen molar-refractivity contribution in [3.8, 4) is 0 Å². The van der Waals surface area contributed by atoms with E-state index in [4.69, 9.17) is 9.84 Å². The monoisotopic (exact) mass is 279 g/mol. The van der Waals surface area contributed by atoms with Crippen molar-refractivity contribution in [1.82, 2.24) is 5.32 Å². The number of hydrogen-bond acceptors (Lipinski definition) is 3. The first-order chi connectivity index (χ1) is 9.63. The van der Waals surface area contributed by atoms with Gasteiger partial charge >= 0.3 is 5.97 Å². The Kier molecular flexibility index (Phi) is 7.35. The van der Waals surface area contributed by atoms with Crippen LogP contribution in [0.25, 0.3) is 0 Å². The smallest absolute Gasteiger partial charge is 0.303 e. The van der Waals surface area contributed by atoms with E-state index in [1.165, 1.54) is 0 Å². The molecule has 1 aromatic carbocycles. The first-order valence-electron chi connectivity index (χ1n) is 6.69. The molecule has 1 unspecified atom stereocenters. The summed E-state index contributed by atoms with van der Waals surface area (Å²) in [6.07, 6.45) is 1.39. The van der Waals surface area contributed by atoms with Gasteiger partial charge in [-0.15, -0.1) is 0 Å². The Hall–Kier alpha value is -1.88. The van der Waals surface area contributed by atoms with Gasteiger partial charge in [-0.05, 0) is 18.4 Å². The number of carboxylic acid groups (broad SMARTS) is 1. The number of aliphatic carboxylic acids is 1. The fourth-order valence-electron chi connectivity index (χ4n) is 1.86. The third-order valence-corrected chi connectivity index (χ3v) is 2.98. The second kappa shape index (κ2) is 9.09. The van der Waals surface area contributed by atoms with Crippen molar-refractivity contribution >= 4 is 11.9 Å². The summed E-state index contributed by atoms with van der Waals surface area (Å²) in [6.45, 7) is 0.415. The number of carboxylic acids is 1. The summed E-state index contributed by atoms with van der Waals surface area (Å²) in [5.41, 5.74) is 1.01. The highest BCUT2D eigenvalue weighted by Crippen LogP contribution is 2.14. The van der Waals surface area contributed by atoms with Gasteiger partial charge in [0.05, 0.1) is 6.10 Å². The van der Waals surface area contributed by atoms with Crippen LogP contribution in [0.15, 0.2) is 30.3 Å². The van der Waals surface area contributed by atoms with Crippen molar-refractivity contribution in [3.05, 3.63) is 35.9 Å². The molecule has 110 valence electrons. The summed E-state index contributed by atoms with van der Waals surface area (Å²) in [4.78, 5) is 22.0. The van der Waals surface area contributed by atoms with Gasteiger partial charge in [0.15, 0.2) is 0 Å². The van der Waals surface area contributed by atoms with Crippen molar-refractivity contribution in [2.75, 3.05) is 13.7 Å². The minimum Gasteiger partial charge on any atom is -0.481 e. The van der Waals surface area contributed by atoms with Crippen LogP contribution in [-0.4, -0.2) is 30.6 Å². The number of benzene rings is 1. The van der Waals surface area contributed by atoms with Crippen molar-refractivity contribution in [3.63, 3.8) is 0 Å². The lowest BCUT2D eigenvalue weighted by Crippen LogP contribution is -2.28. The number of carbonyl (C=O) groups excluding carboxylic acids is 1. The van der Waals surface area contributed by atoms with E-state index in [2.05, 4.69) is 5.32 Å². The summed E-state index contributed by atoms with van der Waals surface area (Å²) < 4.78 is 5.35. The predicted molar refractivity (Wildman–Crippen MR) is 75.3 cm³/mol. The molecule has 0 aliphatic carbocycles. The van der Waals surface area contributed by atoms with E-state index in [0.29, 0.717) is 25.8 Å². The summed E-state index contributed by atoms with van der Waals surface area (Å²) in [7, 11) is 1.61. The molecular formula is C15H21NO4. The second-order valence-electron chi connectivity index (χ2n) is 4.54. The minimum atomic E-state index is -0.825. The van der Waals surface area contributed by atoms with Crippen LogP contribution in [0.2, 0.25) is 0 Å². The standard InChI is InChI=1S/C15H21NO4/c1-20-13(12-7-3-2-4-8-12)11-16-14(17)9-5-6-10-15(18)19/h2-4,7-8,13H,5-6,9-11H2,1H3,(H,16,17)(H,18,19). The fourth-order valence-corrected chi connectivity index (χ4v) is 1.86. The molecular weight excluding hydrogens is 258 g/mol. The molecule has 1 atom stereocenters. The SMILES string of the molecule is COC(CNC(=O)CCCCC(=O)O)c1ccccc1. The van der Waals surface area contributed by atoms with E-state index in [1.54, 1.807) is 7.11 Å². The van der Waals surface area contributed by atoms with Crippen LogP contribution in [0, 0.1) is 0 Å². The average Bonchev–Trinajstić information content (AvgIpc) is 2.45. The molecule has 1 aromatic rings. The molecule has 0 saturated carbocycles. The zero-order valence-corrected chi connectivity index (χ0v) is 11.7. The lowest BCUT2D eigenvalue weighted by Gasteiger charge is -2.16. The lowest BCUT2D eigenvalue weighted by atomic mass is 10.1. The normalized spacial score (nSPS) is 11.8. The number of unbranched alkanes of at least 4 members (excludes halogenated alkanes) is 1. The minimum absolute atomic E-state index is 0.0756. The first kappa shape index (κ1) is 16.2. The van der Waals surface area contributed by atoms with Gasteiger partial charge in [-0.1, -0.05) is 30.3 Å². The molecule has 0 aromatic heterocycles. The number of hydrogen-bond donors (Lipinski definition) is 2. The van der Waals surface area contributed by atoms with E-state index >= 15 is 0 Å². The van der Waals surface area contributed by atoms with Crippen LogP contribution in [0.5, 0.6) is 0 Å². The first-order valence-corrected chi connectivity index (χ1v) is 6.69. The molecule has 0 aliphatic rings. The molecule has 5 nitrogen and oxygen atoms in total. The lowest BCUT2D eigenvalue weighted by molar-refractivity contribution is -0.137. The van der Waals surface area contributed by atoms with Gasteiger partial charge in [0, 0.05) is 26.5 Å². The molecule has 0 heterocycles. The van der Waals surface area contributed by atoms with Crippen LogP contribution in [0.4, 0.5) is 0 Å². The Balaban J connectivity index is 2.27. The summed E-state index contributed by atoms with van der Waals surface area (Å²) in [5, 5.41) is 11.3. The third kappa shape index (κ3) is 6.33. The molecule has 0 spiro atoms. The van der Waals surface area contributed by atoms with Crippen LogP contribution in [0.3, 0.4) is 0 Å². The van der Waals surface area contributed by atoms with Gasteiger partial charge < -0.3 is 15.2 Å². The number of carbonyl (C=O) groups is 2. The topological polar surface area (TPSA) is 75.6 Å². The zero-order chi connectivity index (χ0) is 14.8. The van der Waals surface area contributed by atoms with E-state index in [-0.39, 0.29) is 18.4 Å². The number of amides is 1. The summed E-state index contributed by atoms with van der Waals surface area (Å²) >= 11 is 0. The van der Waals surface area contributed by atoms with Gasteiger partial charge in [0.1, 0.15) is 0 Å². The van der Waals surface area contributed by atoms with Crippen LogP contribution in [-0.2, 0) is 14.3 Å². The molecule has 0 saturated heterocycles. The highest BCUT2D eigenvalue weighted by Gasteiger charge is 2.11. The number of nitrogens with one attached hydrogen (secondary N) is 1. The Morgan fingerprint density at radius 1 is 1.20 bits per heavy atom. The van der Waals surface area contributed by atoms with Crippen molar-refractivity contribution in [2.24, 2.45) is 0 Å². The summed E-state index contributed by atoms with van der Waals surface area (Å²) in [5.74, 6) is -0.901. The maximum Gasteiger partial charge on any atom is 0.303 e. The molecule has 1 amide bonds. The zero-order valence-electron chi connectivity index (χ0n) is 11.7. The summed E-state index contributed by atoms with van der Waals surface area (Å²) in [6, 6.07) is 9.68. The fraction of sp³-hybridized carbons (Fsp3) is 0.467. The van der Waals surface area contributed by atoms with E-state index in [1.807, 2.05) is 30.3 Å². The second-order valence-corrected chi connectivity index (χ2v) is 4.54. The van der Waals surface area contributed by atoms with E-state index in [0.717, 1.165) is 5.56 Å². The molecule has 0 aliphatic heterocycles. The maximum atomic E-state index is 11.6. The Morgan fingerprint density at radius 3 is 2.45 bits per heavy atom. The Labute approximate surface area is 118 Å². The van der Waals surface area contributed by atoms with Gasteiger partial charge in [-0.25, -0.2) is 0 Å². The highest BCUT2D eigenvalue weighted by molar-refractivity contribution is 5.76. The number of ether oxygens (including phenoxy) is 1. The largest absolute Gasteiger partial charge is 0.481 e. The Morgan fingerprint density at radius 2 is 1.85 bits per heavy atom. The maximum absolute atomic E-state index is 11.6. The van der Waals surface area contributed by atoms with Gasteiger partial charge in [-0.2, -0.15) is 0 Å². The van der Waals surface area contributed by atoms with Crippen LogP contribution >= 0.6 is 0 Å². The van der Waals surface area contributed by atoms with Crippen LogP contribution < -0.4 is 5.32 Å². The van der Waals surface area contributed by atoms with Gasteiger partial charge in [0.2, 0.25) is 5.91 Å². The molecule has 1 rings (SSSR count). The van der Waals surface area contributed by atoms with E-state index < -0.39 is 5.97 Å². The average molecular weight is 279 g/mol. The van der Waals surface area contributed by atoms with Gasteiger partial charge in [0.25, 0.3) is 0 Å². The van der Waals surface area contributed by atoms with Gasteiger partial charge in [-0.3, -0.25) is 9.59 Å². The van der Waals surface area contributed by atoms with Crippen molar-refractivity contribution in [2.45, 2.75) is 31.8 Å². The van der Waals surface area contributed by atoms with Crippen molar-refractivity contribution in [1.29, 1.82) is 0 Å². The Bertz CT molecular complexity index is 419. The van der Waals surface area contributed by atoms with Crippen molar-refractivity contribution < 1.29 is 19.4 Å². The molecule has 20 heavy (non-hydrogen) atoms. The third-order valence-electron chi connectivity index (χ3n) is 2.98. The highest BCUT2D eigenvalue weighted by atomic mass is 16.5. The molecule has 2 N–H and O–H groups in total. The number of rotatable bonds is 9. The number of methoxy groups -OCH3 is 1. The predicted octanol–water partition coefficient (Wildman–Crippen LogP) is 2.14. The molecule has 0 fully saturated rings. The molecule has 0 radical (unpaired) electrons. The quantitative estimate of drug-likeness (QED) is 0.679. The van der Waals surface area contributed by atoms with E-state index in [9.17, 15) is 9.59 Å². The van der Waals surface area contributed by atoms with Crippen LogP contribution in [0.1, 0.15) is 37.4 Å². The molecule has 0 bridgehead atoms. The molecule has 5 heteroatoms.